The molecule has 158 valence electrons. The summed E-state index contributed by atoms with van der Waals surface area (Å²) in [5.41, 5.74) is 3.40. The number of benzene rings is 2. The van der Waals surface area contributed by atoms with Gasteiger partial charge in [-0.25, -0.2) is 0 Å². The third-order valence-electron chi connectivity index (χ3n) is 5.83. The van der Waals surface area contributed by atoms with Gasteiger partial charge in [0.1, 0.15) is 11.5 Å². The lowest BCUT2D eigenvalue weighted by atomic mass is 9.97. The number of aliphatic hydroxyl groups excluding tert-OH is 1. The predicted molar refractivity (Wildman–Crippen MR) is 120 cm³/mol. The Hall–Kier alpha value is -2.63. The summed E-state index contributed by atoms with van der Waals surface area (Å²) in [6, 6.07) is 18.6. The van der Waals surface area contributed by atoms with Gasteiger partial charge in [0, 0.05) is 43.6 Å². The molecule has 1 atom stereocenters. The van der Waals surface area contributed by atoms with Crippen molar-refractivity contribution in [2.75, 3.05) is 13.2 Å². The highest BCUT2D eigenvalue weighted by Crippen LogP contribution is 2.29. The molecule has 1 aromatic heterocycles. The van der Waals surface area contributed by atoms with Crippen molar-refractivity contribution in [1.82, 2.24) is 14.7 Å². The van der Waals surface area contributed by atoms with E-state index < -0.39 is 0 Å². The van der Waals surface area contributed by atoms with Crippen LogP contribution in [0.3, 0.4) is 0 Å². The van der Waals surface area contributed by atoms with Crippen LogP contribution in [-0.2, 0) is 13.6 Å². The van der Waals surface area contributed by atoms with Crippen LogP contribution in [0.25, 0.3) is 11.3 Å². The molecule has 0 saturated carbocycles. The molecule has 4 rings (SSSR count). The average molecular weight is 406 g/mol. The maximum absolute atomic E-state index is 9.24. The van der Waals surface area contributed by atoms with Gasteiger partial charge >= 0.3 is 0 Å². The lowest BCUT2D eigenvalue weighted by molar-refractivity contribution is 0.124. The molecule has 1 saturated heterocycles. The molecule has 30 heavy (non-hydrogen) atoms. The van der Waals surface area contributed by atoms with E-state index in [1.807, 2.05) is 54.2 Å². The first kappa shape index (κ1) is 20.6. The van der Waals surface area contributed by atoms with E-state index in [9.17, 15) is 5.11 Å². The fourth-order valence-corrected chi connectivity index (χ4v) is 4.34. The molecule has 2 heterocycles. The fourth-order valence-electron chi connectivity index (χ4n) is 4.34. The number of nitrogens with zero attached hydrogens (tertiary/aromatic N) is 3. The van der Waals surface area contributed by atoms with Crippen LogP contribution in [0.2, 0.25) is 0 Å². The molecule has 0 bridgehead atoms. The van der Waals surface area contributed by atoms with Crippen molar-refractivity contribution in [1.29, 1.82) is 0 Å². The summed E-state index contributed by atoms with van der Waals surface area (Å²) in [4.78, 5) is 2.58. The van der Waals surface area contributed by atoms with Gasteiger partial charge in [-0.1, -0.05) is 24.6 Å². The summed E-state index contributed by atoms with van der Waals surface area (Å²) in [7, 11) is 1.99. The summed E-state index contributed by atoms with van der Waals surface area (Å²) in [5.74, 6) is 1.66. The number of hydrogen-bond donors (Lipinski definition) is 1. The molecule has 0 spiro atoms. The highest BCUT2D eigenvalue weighted by molar-refractivity contribution is 5.63. The second-order valence-electron chi connectivity index (χ2n) is 8.10. The van der Waals surface area contributed by atoms with E-state index in [4.69, 9.17) is 9.84 Å². The van der Waals surface area contributed by atoms with Gasteiger partial charge in [-0.05, 0) is 68.6 Å². The minimum absolute atomic E-state index is 0.278. The zero-order valence-electron chi connectivity index (χ0n) is 17.7. The van der Waals surface area contributed by atoms with Crippen LogP contribution in [0, 0.1) is 0 Å². The maximum Gasteiger partial charge on any atom is 0.127 e. The monoisotopic (exact) mass is 405 g/mol. The number of hydrogen-bond acceptors (Lipinski definition) is 4. The molecule has 0 unspecified atom stereocenters. The van der Waals surface area contributed by atoms with Crippen molar-refractivity contribution in [2.45, 2.75) is 44.7 Å². The van der Waals surface area contributed by atoms with Crippen LogP contribution >= 0.6 is 0 Å². The molecular weight excluding hydrogens is 374 g/mol. The summed E-state index contributed by atoms with van der Waals surface area (Å²) >= 11 is 0. The normalized spacial score (nSPS) is 17.2. The molecule has 1 N–H and O–H groups in total. The number of aryl methyl sites for hydroxylation is 1. The van der Waals surface area contributed by atoms with Gasteiger partial charge in [-0.2, -0.15) is 5.10 Å². The Morgan fingerprint density at radius 1 is 1.03 bits per heavy atom. The SMILES string of the molecule is Cn1cc(CN2CCCC[C@H]2CCCO)c(-c2ccc(Oc3ccccc3)cc2)n1. The van der Waals surface area contributed by atoms with E-state index in [-0.39, 0.29) is 6.61 Å². The number of ether oxygens (including phenoxy) is 1. The average Bonchev–Trinajstić information content (AvgIpc) is 3.14. The summed E-state index contributed by atoms with van der Waals surface area (Å²) in [6.07, 6.45) is 7.84. The van der Waals surface area contributed by atoms with Gasteiger partial charge in [-0.3, -0.25) is 9.58 Å². The number of aliphatic hydroxyl groups is 1. The molecule has 0 radical (unpaired) electrons. The second kappa shape index (κ2) is 9.92. The van der Waals surface area contributed by atoms with Gasteiger partial charge in [0.15, 0.2) is 0 Å². The minimum Gasteiger partial charge on any atom is -0.457 e. The van der Waals surface area contributed by atoms with Crippen molar-refractivity contribution in [3.05, 3.63) is 66.4 Å². The number of likely N-dealkylation sites (tertiary alicyclic amines) is 1. The van der Waals surface area contributed by atoms with Crippen LogP contribution in [0.4, 0.5) is 0 Å². The van der Waals surface area contributed by atoms with Crippen molar-refractivity contribution in [3.8, 4) is 22.8 Å². The van der Waals surface area contributed by atoms with Gasteiger partial charge < -0.3 is 9.84 Å². The van der Waals surface area contributed by atoms with E-state index in [1.54, 1.807) is 0 Å². The van der Waals surface area contributed by atoms with Crippen LogP contribution in [0.15, 0.2) is 60.8 Å². The van der Waals surface area contributed by atoms with E-state index in [0.717, 1.165) is 48.7 Å². The van der Waals surface area contributed by atoms with Crippen molar-refractivity contribution in [3.63, 3.8) is 0 Å². The molecule has 3 aromatic rings. The Morgan fingerprint density at radius 2 is 1.80 bits per heavy atom. The lowest BCUT2D eigenvalue weighted by Gasteiger charge is -2.35. The standard InChI is InChI=1S/C25H31N3O2/c1-27-18-21(19-28-16-6-5-8-22(28)9-7-17-29)25(26-27)20-12-14-24(15-13-20)30-23-10-3-2-4-11-23/h2-4,10-15,18,22,29H,5-9,16-17,19H2,1H3/t22-/m0/s1. The smallest absolute Gasteiger partial charge is 0.127 e. The van der Waals surface area contributed by atoms with Gasteiger partial charge in [0.2, 0.25) is 0 Å². The quantitative estimate of drug-likeness (QED) is 0.573. The number of aromatic nitrogens is 2. The molecule has 1 fully saturated rings. The Balaban J connectivity index is 1.50. The van der Waals surface area contributed by atoms with Gasteiger partial charge in [-0.15, -0.1) is 0 Å². The topological polar surface area (TPSA) is 50.5 Å². The van der Waals surface area contributed by atoms with Gasteiger partial charge in [0.25, 0.3) is 0 Å². The third kappa shape index (κ3) is 5.10. The third-order valence-corrected chi connectivity index (χ3v) is 5.83. The van der Waals surface area contributed by atoms with Crippen LogP contribution in [0.1, 0.15) is 37.7 Å². The van der Waals surface area contributed by atoms with E-state index in [0.29, 0.717) is 6.04 Å². The molecule has 1 aliphatic rings. The van der Waals surface area contributed by atoms with E-state index in [2.05, 4.69) is 23.2 Å². The zero-order valence-corrected chi connectivity index (χ0v) is 17.7. The maximum atomic E-state index is 9.24. The Kier molecular flexibility index (Phi) is 6.82. The molecule has 0 aliphatic carbocycles. The molecule has 0 amide bonds. The lowest BCUT2D eigenvalue weighted by Crippen LogP contribution is -2.39. The summed E-state index contributed by atoms with van der Waals surface area (Å²) in [5, 5.41) is 14.0. The largest absolute Gasteiger partial charge is 0.457 e. The fraction of sp³-hybridized carbons (Fsp3) is 0.400. The highest BCUT2D eigenvalue weighted by Gasteiger charge is 2.24. The molecule has 5 heteroatoms. The molecule has 5 nitrogen and oxygen atoms in total. The first-order valence-corrected chi connectivity index (χ1v) is 10.9. The van der Waals surface area contributed by atoms with Crippen LogP contribution in [-0.4, -0.2) is 39.0 Å². The number of rotatable bonds is 8. The van der Waals surface area contributed by atoms with Crippen molar-refractivity contribution in [2.24, 2.45) is 7.05 Å². The molecule has 1 aliphatic heterocycles. The van der Waals surface area contributed by atoms with Crippen molar-refractivity contribution >= 4 is 0 Å². The summed E-state index contributed by atoms with van der Waals surface area (Å²) < 4.78 is 7.83. The second-order valence-corrected chi connectivity index (χ2v) is 8.10. The first-order chi connectivity index (χ1) is 14.7. The Labute approximate surface area is 178 Å². The first-order valence-electron chi connectivity index (χ1n) is 10.9. The van der Waals surface area contributed by atoms with E-state index >= 15 is 0 Å². The highest BCUT2D eigenvalue weighted by atomic mass is 16.5. The summed E-state index contributed by atoms with van der Waals surface area (Å²) in [6.45, 7) is 2.30. The number of piperidine rings is 1. The van der Waals surface area contributed by atoms with E-state index in [1.165, 1.54) is 24.8 Å². The minimum atomic E-state index is 0.278. The van der Waals surface area contributed by atoms with Crippen molar-refractivity contribution < 1.29 is 9.84 Å². The number of para-hydroxylation sites is 1. The van der Waals surface area contributed by atoms with Crippen LogP contribution in [0.5, 0.6) is 11.5 Å². The van der Waals surface area contributed by atoms with Crippen LogP contribution < -0.4 is 4.74 Å². The zero-order chi connectivity index (χ0) is 20.8. The molecule has 2 aromatic carbocycles. The van der Waals surface area contributed by atoms with Gasteiger partial charge in [0.05, 0.1) is 5.69 Å². The Morgan fingerprint density at radius 3 is 2.57 bits per heavy atom. The predicted octanol–water partition coefficient (Wildman–Crippen LogP) is 5.01. The molecular formula is C25H31N3O2. The Bertz CT molecular complexity index is 921.